The van der Waals surface area contributed by atoms with Gasteiger partial charge in [-0.1, -0.05) is 115 Å². The fourth-order valence-electron chi connectivity index (χ4n) is 8.81. The van der Waals surface area contributed by atoms with E-state index in [4.69, 9.17) is 6.57 Å². The van der Waals surface area contributed by atoms with Crippen molar-refractivity contribution >= 4 is 71.1 Å². The second-order valence-corrected chi connectivity index (χ2v) is 13.9. The van der Waals surface area contributed by atoms with E-state index in [0.717, 1.165) is 82.8 Å². The number of aromatic nitrogens is 3. The van der Waals surface area contributed by atoms with Crippen molar-refractivity contribution in [3.05, 3.63) is 193 Å². The van der Waals surface area contributed by atoms with Gasteiger partial charge in [0.1, 0.15) is 0 Å². The number of benzene rings is 8. The molecular formula is C50H29N5. The summed E-state index contributed by atoms with van der Waals surface area (Å²) >= 11 is 0. The van der Waals surface area contributed by atoms with Crippen molar-refractivity contribution in [2.45, 2.75) is 0 Å². The molecule has 0 fully saturated rings. The lowest BCUT2D eigenvalue weighted by atomic mass is 10.0. The third kappa shape index (κ3) is 4.39. The highest BCUT2D eigenvalue weighted by Gasteiger charge is 2.23. The molecule has 5 heteroatoms. The molecule has 0 atom stereocenters. The number of nitriles is 1. The minimum absolute atomic E-state index is 0.584. The minimum atomic E-state index is 0.584. The maximum atomic E-state index is 9.76. The Balaban J connectivity index is 1.18. The third-order valence-corrected chi connectivity index (χ3v) is 11.1. The number of rotatable bonds is 4. The van der Waals surface area contributed by atoms with E-state index in [1.54, 1.807) is 0 Å². The summed E-state index contributed by atoms with van der Waals surface area (Å²) in [5.74, 6) is 0. The lowest BCUT2D eigenvalue weighted by Crippen LogP contribution is -2.02. The van der Waals surface area contributed by atoms with E-state index in [-0.39, 0.29) is 0 Å². The summed E-state index contributed by atoms with van der Waals surface area (Å²) in [6.45, 7) is 8.37. The number of nitrogens with zero attached hydrogens (tertiary/aromatic N) is 5. The van der Waals surface area contributed by atoms with Crippen LogP contribution < -0.4 is 0 Å². The van der Waals surface area contributed by atoms with Crippen molar-refractivity contribution in [1.82, 2.24) is 13.7 Å². The molecule has 3 heterocycles. The predicted octanol–water partition coefficient (Wildman–Crippen LogP) is 13.1. The van der Waals surface area contributed by atoms with E-state index in [2.05, 4.69) is 170 Å². The van der Waals surface area contributed by atoms with Crippen LogP contribution in [0.25, 0.3) is 98.5 Å². The standard InChI is InChI=1S/C50H29N5/c1-52-41-17-11-22-46(49(41)33-25-27-34(28-26-33)53-42-18-6-2-14-37(42)39-29-24-32(31-51)30-48(39)53)55-45-21-9-5-15-38(45)40-16-10-23-47(50(40)55)54-43-19-7-3-12-35(43)36-13-4-8-20-44(36)54/h2-30H. The topological polar surface area (TPSA) is 42.9 Å². The molecule has 0 saturated heterocycles. The fourth-order valence-corrected chi connectivity index (χ4v) is 8.81. The molecule has 0 saturated carbocycles. The Morgan fingerprint density at radius 2 is 0.945 bits per heavy atom. The van der Waals surface area contributed by atoms with Crippen LogP contribution in [0.5, 0.6) is 0 Å². The molecule has 8 aromatic carbocycles. The first-order chi connectivity index (χ1) is 27.2. The van der Waals surface area contributed by atoms with E-state index >= 15 is 0 Å². The molecule has 0 spiro atoms. The number of hydrogen-bond donors (Lipinski definition) is 0. The first kappa shape index (κ1) is 30.7. The largest absolute Gasteiger partial charge is 0.309 e. The Morgan fingerprint density at radius 3 is 1.56 bits per heavy atom. The molecule has 11 rings (SSSR count). The van der Waals surface area contributed by atoms with Crippen molar-refractivity contribution in [3.8, 4) is 34.3 Å². The molecule has 3 aromatic heterocycles. The van der Waals surface area contributed by atoms with Gasteiger partial charge in [0.15, 0.2) is 5.69 Å². The van der Waals surface area contributed by atoms with Gasteiger partial charge >= 0.3 is 0 Å². The maximum Gasteiger partial charge on any atom is 0.196 e. The normalized spacial score (nSPS) is 11.6. The molecular weight excluding hydrogens is 671 g/mol. The fraction of sp³-hybridized carbons (Fsp3) is 0. The van der Waals surface area contributed by atoms with Gasteiger partial charge in [-0.25, -0.2) is 4.85 Å². The highest BCUT2D eigenvalue weighted by Crippen LogP contribution is 2.44. The van der Waals surface area contributed by atoms with Crippen LogP contribution in [-0.4, -0.2) is 13.7 Å². The van der Waals surface area contributed by atoms with Crippen LogP contribution in [0.3, 0.4) is 0 Å². The van der Waals surface area contributed by atoms with Gasteiger partial charge in [-0.15, -0.1) is 0 Å². The maximum absolute atomic E-state index is 9.76. The van der Waals surface area contributed by atoms with Crippen LogP contribution in [0.15, 0.2) is 176 Å². The molecule has 0 aliphatic carbocycles. The number of fused-ring (bicyclic) bond motifs is 9. The zero-order chi connectivity index (χ0) is 36.6. The van der Waals surface area contributed by atoms with Gasteiger partial charge in [0.2, 0.25) is 0 Å². The van der Waals surface area contributed by atoms with Crippen LogP contribution in [0.1, 0.15) is 5.56 Å². The van der Waals surface area contributed by atoms with Crippen LogP contribution in [0.4, 0.5) is 5.69 Å². The van der Waals surface area contributed by atoms with Crippen LogP contribution in [0.2, 0.25) is 0 Å². The van der Waals surface area contributed by atoms with Crippen molar-refractivity contribution in [3.63, 3.8) is 0 Å². The second-order valence-electron chi connectivity index (χ2n) is 13.9. The van der Waals surface area contributed by atoms with E-state index in [1.807, 2.05) is 30.3 Å². The van der Waals surface area contributed by atoms with Crippen molar-refractivity contribution in [2.75, 3.05) is 0 Å². The first-order valence-electron chi connectivity index (χ1n) is 18.3. The SMILES string of the molecule is [C-]#[N+]c1cccc(-n2c3ccccc3c3cccc(-n4c5ccccc5c5ccccc54)c32)c1-c1ccc(-n2c3ccccc3c3ccc(C#N)cc32)cc1. The van der Waals surface area contributed by atoms with Crippen LogP contribution in [-0.2, 0) is 0 Å². The van der Waals surface area contributed by atoms with Gasteiger partial charge < -0.3 is 13.7 Å². The van der Waals surface area contributed by atoms with Crippen LogP contribution in [0, 0.1) is 17.9 Å². The zero-order valence-electron chi connectivity index (χ0n) is 29.5. The molecule has 0 bridgehead atoms. The first-order valence-corrected chi connectivity index (χ1v) is 18.3. The minimum Gasteiger partial charge on any atom is -0.309 e. The zero-order valence-corrected chi connectivity index (χ0v) is 29.5. The van der Waals surface area contributed by atoms with Gasteiger partial charge in [-0.2, -0.15) is 5.26 Å². The highest BCUT2D eigenvalue weighted by molar-refractivity contribution is 6.15. The Hall–Kier alpha value is -7.86. The summed E-state index contributed by atoms with van der Waals surface area (Å²) in [7, 11) is 0. The predicted molar refractivity (Wildman–Crippen MR) is 226 cm³/mol. The second kappa shape index (κ2) is 11.8. The molecule has 0 N–H and O–H groups in total. The Morgan fingerprint density at radius 1 is 0.436 bits per heavy atom. The average Bonchev–Trinajstić information content (AvgIpc) is 3.89. The molecule has 0 aliphatic rings. The molecule has 11 aromatic rings. The lowest BCUT2D eigenvalue weighted by molar-refractivity contribution is 1.13. The van der Waals surface area contributed by atoms with E-state index in [9.17, 15) is 5.26 Å². The Bertz CT molecular complexity index is 3400. The van der Waals surface area contributed by atoms with Crippen molar-refractivity contribution in [2.24, 2.45) is 0 Å². The van der Waals surface area contributed by atoms with Gasteiger partial charge in [0.25, 0.3) is 0 Å². The summed E-state index contributed by atoms with van der Waals surface area (Å²) in [6.07, 6.45) is 0. The number of hydrogen-bond acceptors (Lipinski definition) is 1. The van der Waals surface area contributed by atoms with Crippen molar-refractivity contribution < 1.29 is 0 Å². The molecule has 0 amide bonds. The van der Waals surface area contributed by atoms with Crippen LogP contribution >= 0.6 is 0 Å². The quantitative estimate of drug-likeness (QED) is 0.169. The Labute approximate surface area is 316 Å². The molecule has 5 nitrogen and oxygen atoms in total. The average molecular weight is 700 g/mol. The van der Waals surface area contributed by atoms with Crippen molar-refractivity contribution in [1.29, 1.82) is 5.26 Å². The molecule has 0 unspecified atom stereocenters. The van der Waals surface area contributed by atoms with E-state index in [1.165, 1.54) is 10.8 Å². The van der Waals surface area contributed by atoms with E-state index in [0.29, 0.717) is 11.3 Å². The molecule has 55 heavy (non-hydrogen) atoms. The summed E-state index contributed by atoms with van der Waals surface area (Å²) in [5, 5.41) is 16.7. The monoisotopic (exact) mass is 699 g/mol. The summed E-state index contributed by atoms with van der Waals surface area (Å²) < 4.78 is 6.97. The lowest BCUT2D eigenvalue weighted by Gasteiger charge is -2.18. The Kier molecular flexibility index (Phi) is 6.61. The summed E-state index contributed by atoms with van der Waals surface area (Å²) in [4.78, 5) is 4.10. The number of para-hydroxylation sites is 5. The molecule has 254 valence electrons. The molecule has 0 radical (unpaired) electrons. The third-order valence-electron chi connectivity index (χ3n) is 11.1. The molecule has 0 aliphatic heterocycles. The van der Waals surface area contributed by atoms with Gasteiger partial charge in [-0.05, 0) is 66.2 Å². The summed E-state index contributed by atoms with van der Waals surface area (Å²) in [5.41, 5.74) is 12.5. The summed E-state index contributed by atoms with van der Waals surface area (Å²) in [6, 6.07) is 63.5. The van der Waals surface area contributed by atoms with Gasteiger partial charge in [0.05, 0.1) is 57.0 Å². The highest BCUT2D eigenvalue weighted by atomic mass is 15.1. The van der Waals surface area contributed by atoms with Gasteiger partial charge in [-0.3, -0.25) is 0 Å². The van der Waals surface area contributed by atoms with Gasteiger partial charge in [0, 0.05) is 49.3 Å². The smallest absolute Gasteiger partial charge is 0.196 e. The van der Waals surface area contributed by atoms with E-state index < -0.39 is 0 Å².